The van der Waals surface area contributed by atoms with Gasteiger partial charge in [-0.05, 0) is 42.2 Å². The average Bonchev–Trinajstić information content (AvgIpc) is 3.34. The van der Waals surface area contributed by atoms with E-state index in [4.69, 9.17) is 14.7 Å². The molecular weight excluding hydrogens is 388 g/mol. The van der Waals surface area contributed by atoms with Crippen LogP contribution < -0.4 is 10.2 Å². The van der Waals surface area contributed by atoms with Crippen molar-refractivity contribution in [2.75, 3.05) is 31.6 Å². The van der Waals surface area contributed by atoms with Gasteiger partial charge in [0.1, 0.15) is 30.3 Å². The van der Waals surface area contributed by atoms with Crippen LogP contribution in [-0.4, -0.2) is 36.3 Å². The third kappa shape index (κ3) is 3.81. The number of quaternary nitrogens is 1. The molecule has 1 aliphatic heterocycles. The van der Waals surface area contributed by atoms with E-state index in [-0.39, 0.29) is 0 Å². The van der Waals surface area contributed by atoms with Crippen molar-refractivity contribution < 1.29 is 9.64 Å². The van der Waals surface area contributed by atoms with E-state index >= 15 is 0 Å². The molecule has 1 atom stereocenters. The Bertz CT molecular complexity index is 947. The summed E-state index contributed by atoms with van der Waals surface area (Å²) in [6.07, 6.45) is 3.61. The molecule has 4 heterocycles. The van der Waals surface area contributed by atoms with Crippen molar-refractivity contribution in [1.82, 2.24) is 9.97 Å². The van der Waals surface area contributed by atoms with Gasteiger partial charge in [-0.1, -0.05) is 13.0 Å². The van der Waals surface area contributed by atoms with Crippen LogP contribution in [0.25, 0.3) is 10.2 Å². The summed E-state index contributed by atoms with van der Waals surface area (Å²) >= 11 is 3.68. The molecule has 0 saturated carbocycles. The average molecular weight is 416 g/mol. The van der Waals surface area contributed by atoms with Gasteiger partial charge in [0.15, 0.2) is 5.82 Å². The van der Waals surface area contributed by atoms with E-state index < -0.39 is 0 Å². The largest absolute Gasteiger partial charge is 0.370 e. The maximum atomic E-state index is 5.51. The van der Waals surface area contributed by atoms with Gasteiger partial charge in [0, 0.05) is 9.75 Å². The van der Waals surface area contributed by atoms with Crippen LogP contribution in [0.5, 0.6) is 0 Å². The highest BCUT2D eigenvalue weighted by Gasteiger charge is 2.25. The van der Waals surface area contributed by atoms with E-state index in [1.807, 2.05) is 11.3 Å². The van der Waals surface area contributed by atoms with Gasteiger partial charge >= 0.3 is 0 Å². The number of hydrogen-bond acceptors (Lipinski definition) is 6. The van der Waals surface area contributed by atoms with Crippen LogP contribution in [0.3, 0.4) is 0 Å². The molecule has 2 aliphatic rings. The number of aryl methyl sites for hydroxylation is 1. The van der Waals surface area contributed by atoms with E-state index in [1.54, 1.807) is 11.3 Å². The van der Waals surface area contributed by atoms with E-state index in [0.717, 1.165) is 63.4 Å². The summed E-state index contributed by atoms with van der Waals surface area (Å²) in [5, 5.41) is 7.06. The van der Waals surface area contributed by atoms with Gasteiger partial charge in [-0.25, -0.2) is 9.97 Å². The standard InChI is InChI=1S/C21H26N4OS2/c1-14-4-5-16-17(11-14)28-21-19(16)20(22-12-15-3-2-10-27-15)23-18(24-21)13-25-6-8-26-9-7-25/h2-3,10,14H,4-9,11-13H2,1H3,(H,22,23,24)/p+1/t14-/m1/s1. The predicted octanol–water partition coefficient (Wildman–Crippen LogP) is 2.90. The number of rotatable bonds is 5. The number of fused-ring (bicyclic) bond motifs is 3. The minimum Gasteiger partial charge on any atom is -0.370 e. The van der Waals surface area contributed by atoms with Gasteiger partial charge in [0.25, 0.3) is 0 Å². The quantitative estimate of drug-likeness (QED) is 0.673. The number of anilines is 1. The topological polar surface area (TPSA) is 51.5 Å². The van der Waals surface area contributed by atoms with Gasteiger partial charge in [-0.3, -0.25) is 0 Å². The van der Waals surface area contributed by atoms with Crippen LogP contribution in [-0.2, 0) is 30.7 Å². The fourth-order valence-electron chi connectivity index (χ4n) is 4.24. The Morgan fingerprint density at radius 3 is 3.00 bits per heavy atom. The SMILES string of the molecule is C[C@@H]1CCc2c(sc3nc(C[NH+]4CCOCC4)nc(NCc4cccs4)c23)C1. The van der Waals surface area contributed by atoms with Crippen molar-refractivity contribution in [3.05, 3.63) is 38.7 Å². The Morgan fingerprint density at radius 2 is 2.18 bits per heavy atom. The normalized spacial score (nSPS) is 20.4. The van der Waals surface area contributed by atoms with Gasteiger partial charge < -0.3 is 15.0 Å². The highest BCUT2D eigenvalue weighted by molar-refractivity contribution is 7.19. The van der Waals surface area contributed by atoms with Crippen molar-refractivity contribution >= 4 is 38.7 Å². The molecule has 0 spiro atoms. The molecule has 0 amide bonds. The van der Waals surface area contributed by atoms with Crippen molar-refractivity contribution in [1.29, 1.82) is 0 Å². The first-order valence-electron chi connectivity index (χ1n) is 10.2. The van der Waals surface area contributed by atoms with Crippen LogP contribution in [0.1, 0.15) is 34.5 Å². The minimum absolute atomic E-state index is 0.772. The number of nitrogens with one attached hydrogen (secondary N) is 2. The molecule has 3 aromatic rings. The fourth-order valence-corrected chi connectivity index (χ4v) is 6.28. The first-order valence-corrected chi connectivity index (χ1v) is 11.9. The van der Waals surface area contributed by atoms with Gasteiger partial charge in [-0.15, -0.1) is 22.7 Å². The number of nitrogens with zero attached hydrogens (tertiary/aromatic N) is 2. The van der Waals surface area contributed by atoms with Crippen molar-refractivity contribution in [3.8, 4) is 0 Å². The number of ether oxygens (including phenoxy) is 1. The first kappa shape index (κ1) is 18.5. The molecule has 5 nitrogen and oxygen atoms in total. The Kier molecular flexibility index (Phi) is 5.32. The third-order valence-electron chi connectivity index (χ3n) is 5.82. The molecule has 1 fully saturated rings. The van der Waals surface area contributed by atoms with Crippen molar-refractivity contribution in [2.24, 2.45) is 5.92 Å². The molecule has 5 rings (SSSR count). The highest BCUT2D eigenvalue weighted by atomic mass is 32.1. The molecule has 148 valence electrons. The molecule has 28 heavy (non-hydrogen) atoms. The molecule has 3 aromatic heterocycles. The van der Waals surface area contributed by atoms with Crippen LogP contribution in [0.15, 0.2) is 17.5 Å². The predicted molar refractivity (Wildman–Crippen MR) is 115 cm³/mol. The molecule has 1 aliphatic carbocycles. The molecule has 0 unspecified atom stereocenters. The Labute approximate surface area is 173 Å². The smallest absolute Gasteiger partial charge is 0.187 e. The summed E-state index contributed by atoms with van der Waals surface area (Å²) in [6.45, 7) is 7.83. The zero-order valence-electron chi connectivity index (χ0n) is 16.3. The summed E-state index contributed by atoms with van der Waals surface area (Å²) in [4.78, 5) is 15.6. The molecule has 7 heteroatoms. The molecule has 2 N–H and O–H groups in total. The Morgan fingerprint density at radius 1 is 1.29 bits per heavy atom. The lowest BCUT2D eigenvalue weighted by Gasteiger charge is -2.23. The summed E-state index contributed by atoms with van der Waals surface area (Å²) in [7, 11) is 0. The second-order valence-electron chi connectivity index (χ2n) is 7.99. The van der Waals surface area contributed by atoms with Gasteiger partial charge in [-0.2, -0.15) is 0 Å². The Hall–Kier alpha value is -1.54. The zero-order valence-corrected chi connectivity index (χ0v) is 17.9. The second-order valence-corrected chi connectivity index (χ2v) is 10.1. The summed E-state index contributed by atoms with van der Waals surface area (Å²) in [5.74, 6) is 2.77. The van der Waals surface area contributed by atoms with Gasteiger partial charge in [0.2, 0.25) is 0 Å². The number of aromatic nitrogens is 2. The van der Waals surface area contributed by atoms with Crippen molar-refractivity contribution in [3.63, 3.8) is 0 Å². The maximum absolute atomic E-state index is 5.51. The zero-order chi connectivity index (χ0) is 18.9. The molecule has 0 bridgehead atoms. The van der Waals surface area contributed by atoms with Crippen LogP contribution >= 0.6 is 22.7 Å². The number of thiophene rings is 2. The Balaban J connectivity index is 1.50. The molecule has 0 radical (unpaired) electrons. The van der Waals surface area contributed by atoms with E-state index in [0.29, 0.717) is 0 Å². The lowest BCUT2D eigenvalue weighted by molar-refractivity contribution is -0.922. The van der Waals surface area contributed by atoms with Crippen molar-refractivity contribution in [2.45, 2.75) is 39.3 Å². The second kappa shape index (κ2) is 8.06. The molecule has 0 aromatic carbocycles. The van der Waals surface area contributed by atoms with Gasteiger partial charge in [0.05, 0.1) is 25.1 Å². The van der Waals surface area contributed by atoms with Crippen LogP contribution in [0.4, 0.5) is 5.82 Å². The lowest BCUT2D eigenvalue weighted by Crippen LogP contribution is -3.12. The summed E-state index contributed by atoms with van der Waals surface area (Å²) in [5.41, 5.74) is 1.50. The highest BCUT2D eigenvalue weighted by Crippen LogP contribution is 2.40. The molecular formula is C21H27N4OS2+. The monoisotopic (exact) mass is 415 g/mol. The van der Waals surface area contributed by atoms with E-state index in [1.165, 1.54) is 43.3 Å². The lowest BCUT2D eigenvalue weighted by atomic mass is 9.89. The molecule has 1 saturated heterocycles. The number of hydrogen-bond donors (Lipinski definition) is 2. The first-order chi connectivity index (χ1) is 13.8. The number of morpholine rings is 1. The summed E-state index contributed by atoms with van der Waals surface area (Å²) < 4.78 is 5.51. The fraction of sp³-hybridized carbons (Fsp3) is 0.524. The summed E-state index contributed by atoms with van der Waals surface area (Å²) in [6, 6.07) is 4.29. The van der Waals surface area contributed by atoms with E-state index in [2.05, 4.69) is 29.8 Å². The minimum atomic E-state index is 0.772. The van der Waals surface area contributed by atoms with E-state index in [9.17, 15) is 0 Å². The van der Waals surface area contributed by atoms with Crippen LogP contribution in [0.2, 0.25) is 0 Å². The third-order valence-corrected chi connectivity index (χ3v) is 7.84. The van der Waals surface area contributed by atoms with Crippen LogP contribution in [0, 0.1) is 5.92 Å². The maximum Gasteiger partial charge on any atom is 0.187 e.